The maximum atomic E-state index is 11.9. The van der Waals surface area contributed by atoms with E-state index >= 15 is 0 Å². The molecule has 2 N–H and O–H groups in total. The van der Waals surface area contributed by atoms with E-state index in [1.165, 1.54) is 0 Å². The molecule has 0 aliphatic carbocycles. The van der Waals surface area contributed by atoms with Gasteiger partial charge in [0.05, 0.1) is 12.6 Å². The van der Waals surface area contributed by atoms with E-state index in [2.05, 4.69) is 24.1 Å². The van der Waals surface area contributed by atoms with Crippen molar-refractivity contribution in [3.05, 3.63) is 0 Å². The van der Waals surface area contributed by atoms with E-state index in [0.717, 1.165) is 25.9 Å². The van der Waals surface area contributed by atoms with Crippen LogP contribution in [0.4, 0.5) is 0 Å². The predicted octanol–water partition coefficient (Wildman–Crippen LogP) is 1.24. The molecule has 1 aliphatic heterocycles. The molecule has 0 radical (unpaired) electrons. The summed E-state index contributed by atoms with van der Waals surface area (Å²) in [7, 11) is 0. The van der Waals surface area contributed by atoms with E-state index in [4.69, 9.17) is 0 Å². The fraction of sp³-hybridized carbons (Fsp3) is 0.929. The second-order valence-electron chi connectivity index (χ2n) is 5.98. The number of aliphatic hydroxyl groups is 1. The molecule has 18 heavy (non-hydrogen) atoms. The average Bonchev–Trinajstić information content (AvgIpc) is 2.28. The van der Waals surface area contributed by atoms with Crippen molar-refractivity contribution in [1.29, 1.82) is 0 Å². The molecule has 106 valence electrons. The molecule has 1 saturated heterocycles. The lowest BCUT2D eigenvalue weighted by Crippen LogP contribution is -2.47. The van der Waals surface area contributed by atoms with Crippen LogP contribution in [0.2, 0.25) is 0 Å². The molecule has 3 atom stereocenters. The first-order chi connectivity index (χ1) is 8.40. The van der Waals surface area contributed by atoms with Gasteiger partial charge in [-0.15, -0.1) is 0 Å². The fourth-order valence-electron chi connectivity index (χ4n) is 2.30. The first kappa shape index (κ1) is 15.4. The van der Waals surface area contributed by atoms with Gasteiger partial charge in [0.15, 0.2) is 0 Å². The molecule has 0 aromatic heterocycles. The largest absolute Gasteiger partial charge is 0.393 e. The van der Waals surface area contributed by atoms with E-state index in [0.29, 0.717) is 18.4 Å². The minimum absolute atomic E-state index is 0.0995. The Morgan fingerprint density at radius 3 is 2.61 bits per heavy atom. The number of nitrogens with zero attached hydrogens (tertiary/aromatic N) is 1. The number of hydrogen-bond donors (Lipinski definition) is 2. The number of likely N-dealkylation sites (tertiary alicyclic amines) is 1. The Bertz CT molecular complexity index is 267. The van der Waals surface area contributed by atoms with E-state index in [1.807, 2.05) is 13.8 Å². The molecule has 0 aromatic carbocycles. The van der Waals surface area contributed by atoms with Crippen LogP contribution in [0.3, 0.4) is 0 Å². The lowest BCUT2D eigenvalue weighted by Gasteiger charge is -2.34. The number of hydrogen-bond acceptors (Lipinski definition) is 3. The zero-order valence-corrected chi connectivity index (χ0v) is 12.1. The van der Waals surface area contributed by atoms with Crippen LogP contribution in [0.5, 0.6) is 0 Å². The number of piperidine rings is 1. The average molecular weight is 256 g/mol. The van der Waals surface area contributed by atoms with Crippen LogP contribution in [0, 0.1) is 11.8 Å². The van der Waals surface area contributed by atoms with Gasteiger partial charge in [-0.3, -0.25) is 9.69 Å². The van der Waals surface area contributed by atoms with Crippen LogP contribution in [0.1, 0.15) is 40.5 Å². The summed E-state index contributed by atoms with van der Waals surface area (Å²) in [6, 6.07) is 0.217. The topological polar surface area (TPSA) is 52.6 Å². The summed E-state index contributed by atoms with van der Waals surface area (Å²) in [5.41, 5.74) is 0. The summed E-state index contributed by atoms with van der Waals surface area (Å²) < 4.78 is 0. The molecule has 4 heteroatoms. The minimum Gasteiger partial charge on any atom is -0.393 e. The van der Waals surface area contributed by atoms with E-state index in [9.17, 15) is 9.90 Å². The van der Waals surface area contributed by atoms with Gasteiger partial charge in [-0.1, -0.05) is 13.8 Å². The molecule has 4 nitrogen and oxygen atoms in total. The number of nitrogens with one attached hydrogen (secondary N) is 1. The number of amides is 1. The molecule has 0 saturated carbocycles. The summed E-state index contributed by atoms with van der Waals surface area (Å²) in [6.07, 6.45) is 1.87. The van der Waals surface area contributed by atoms with Gasteiger partial charge in [-0.25, -0.2) is 0 Å². The quantitative estimate of drug-likeness (QED) is 0.778. The van der Waals surface area contributed by atoms with Crippen molar-refractivity contribution in [3.63, 3.8) is 0 Å². The molecule has 1 rings (SSSR count). The summed E-state index contributed by atoms with van der Waals surface area (Å²) in [6.45, 7) is 10.4. The number of rotatable bonds is 5. The third kappa shape index (κ3) is 4.94. The van der Waals surface area contributed by atoms with Crippen LogP contribution in [-0.4, -0.2) is 47.7 Å². The molecule has 0 spiro atoms. The summed E-state index contributed by atoms with van der Waals surface area (Å²) >= 11 is 0. The number of aliphatic hydroxyl groups excluding tert-OH is 1. The molecule has 0 bridgehead atoms. The molecular weight excluding hydrogens is 228 g/mol. The third-order valence-electron chi connectivity index (χ3n) is 3.98. The third-order valence-corrected chi connectivity index (χ3v) is 3.98. The number of carbonyl (C=O) groups is 1. The summed E-state index contributed by atoms with van der Waals surface area (Å²) in [5, 5.41) is 12.6. The summed E-state index contributed by atoms with van der Waals surface area (Å²) in [5.74, 6) is 0.872. The molecule has 3 unspecified atom stereocenters. The van der Waals surface area contributed by atoms with Crippen molar-refractivity contribution in [2.75, 3.05) is 19.6 Å². The Balaban J connectivity index is 2.35. The van der Waals surface area contributed by atoms with Gasteiger partial charge in [0, 0.05) is 12.6 Å². The number of carbonyl (C=O) groups excluding carboxylic acids is 1. The van der Waals surface area contributed by atoms with Crippen molar-refractivity contribution in [3.8, 4) is 0 Å². The standard InChI is InChI=1S/C14H28N2O2/c1-10(2)11(3)15-14(18)9-16-7-5-6-13(8-16)12(4)17/h10-13,17H,5-9H2,1-4H3,(H,15,18). The highest BCUT2D eigenvalue weighted by molar-refractivity contribution is 5.78. The lowest BCUT2D eigenvalue weighted by atomic mass is 9.93. The van der Waals surface area contributed by atoms with Crippen LogP contribution >= 0.6 is 0 Å². The SMILES string of the molecule is CC(C)C(C)NC(=O)CN1CCCC(C(C)O)C1. The van der Waals surface area contributed by atoms with Gasteiger partial charge in [-0.05, 0) is 45.1 Å². The van der Waals surface area contributed by atoms with Crippen molar-refractivity contribution >= 4 is 5.91 Å². The monoisotopic (exact) mass is 256 g/mol. The van der Waals surface area contributed by atoms with Crippen LogP contribution in [0.15, 0.2) is 0 Å². The lowest BCUT2D eigenvalue weighted by molar-refractivity contribution is -0.123. The Morgan fingerprint density at radius 2 is 2.06 bits per heavy atom. The van der Waals surface area contributed by atoms with Gasteiger partial charge >= 0.3 is 0 Å². The highest BCUT2D eigenvalue weighted by Gasteiger charge is 2.24. The minimum atomic E-state index is -0.273. The maximum absolute atomic E-state index is 11.9. The van der Waals surface area contributed by atoms with Gasteiger partial charge in [0.2, 0.25) is 5.91 Å². The molecule has 1 fully saturated rings. The van der Waals surface area contributed by atoms with Crippen LogP contribution in [0.25, 0.3) is 0 Å². The van der Waals surface area contributed by atoms with Crippen LogP contribution in [-0.2, 0) is 4.79 Å². The first-order valence-electron chi connectivity index (χ1n) is 7.10. The predicted molar refractivity (Wildman–Crippen MR) is 73.3 cm³/mol. The Labute approximate surface area is 111 Å². The Kier molecular flexibility index (Phi) is 6.09. The van der Waals surface area contributed by atoms with E-state index < -0.39 is 0 Å². The molecular formula is C14H28N2O2. The molecule has 1 aliphatic rings. The Morgan fingerprint density at radius 1 is 1.39 bits per heavy atom. The van der Waals surface area contributed by atoms with Crippen molar-refractivity contribution in [2.24, 2.45) is 11.8 Å². The first-order valence-corrected chi connectivity index (χ1v) is 7.10. The fourth-order valence-corrected chi connectivity index (χ4v) is 2.30. The molecule has 1 heterocycles. The highest BCUT2D eigenvalue weighted by atomic mass is 16.3. The highest BCUT2D eigenvalue weighted by Crippen LogP contribution is 2.19. The second kappa shape index (κ2) is 7.10. The van der Waals surface area contributed by atoms with Gasteiger partial charge < -0.3 is 10.4 Å². The zero-order valence-electron chi connectivity index (χ0n) is 12.1. The van der Waals surface area contributed by atoms with Crippen molar-refractivity contribution in [1.82, 2.24) is 10.2 Å². The van der Waals surface area contributed by atoms with Crippen molar-refractivity contribution in [2.45, 2.75) is 52.7 Å². The van der Waals surface area contributed by atoms with Gasteiger partial charge in [-0.2, -0.15) is 0 Å². The van der Waals surface area contributed by atoms with Gasteiger partial charge in [0.25, 0.3) is 0 Å². The smallest absolute Gasteiger partial charge is 0.234 e. The normalized spacial score (nSPS) is 24.9. The molecule has 1 amide bonds. The zero-order chi connectivity index (χ0) is 13.7. The summed E-state index contributed by atoms with van der Waals surface area (Å²) in [4.78, 5) is 14.0. The van der Waals surface area contributed by atoms with Crippen molar-refractivity contribution < 1.29 is 9.90 Å². The van der Waals surface area contributed by atoms with E-state index in [-0.39, 0.29) is 18.1 Å². The second-order valence-corrected chi connectivity index (χ2v) is 5.98. The van der Waals surface area contributed by atoms with Crippen LogP contribution < -0.4 is 5.32 Å². The van der Waals surface area contributed by atoms with E-state index in [1.54, 1.807) is 0 Å². The Hall–Kier alpha value is -0.610. The molecule has 0 aromatic rings. The maximum Gasteiger partial charge on any atom is 0.234 e. The van der Waals surface area contributed by atoms with Gasteiger partial charge in [0.1, 0.15) is 0 Å².